The van der Waals surface area contributed by atoms with Crippen molar-refractivity contribution in [1.29, 1.82) is 0 Å². The van der Waals surface area contributed by atoms with Gasteiger partial charge >= 0.3 is 0 Å². The van der Waals surface area contributed by atoms with Gasteiger partial charge in [-0.3, -0.25) is 4.79 Å². The van der Waals surface area contributed by atoms with Crippen LogP contribution in [-0.2, 0) is 17.8 Å². The molecule has 2 rings (SSSR count). The van der Waals surface area contributed by atoms with Crippen molar-refractivity contribution >= 4 is 5.91 Å². The third-order valence-corrected chi connectivity index (χ3v) is 2.64. The molecule has 0 aliphatic heterocycles. The lowest BCUT2D eigenvalue weighted by Crippen LogP contribution is -2.23. The minimum absolute atomic E-state index is 0.0483. The number of aryl methyl sites for hydroxylation is 1. The molecule has 1 aromatic carbocycles. The molecule has 0 bridgehead atoms. The number of imidazole rings is 1. The topological polar surface area (TPSA) is 78.0 Å². The largest absolute Gasteiger partial charge is 0.508 e. The summed E-state index contributed by atoms with van der Waals surface area (Å²) in [6, 6.07) is 7.05. The third kappa shape index (κ3) is 3.35. The van der Waals surface area contributed by atoms with E-state index >= 15 is 0 Å². The van der Waals surface area contributed by atoms with E-state index in [9.17, 15) is 9.90 Å². The zero-order valence-corrected chi connectivity index (χ0v) is 9.89. The third-order valence-electron chi connectivity index (χ3n) is 2.64. The normalized spacial score (nSPS) is 10.2. The average molecular weight is 245 g/mol. The number of nitrogens with zero attached hydrogens (tertiary/aromatic N) is 1. The smallest absolute Gasteiger partial charge is 0.220 e. The van der Waals surface area contributed by atoms with Gasteiger partial charge in [-0.25, -0.2) is 4.98 Å². The summed E-state index contributed by atoms with van der Waals surface area (Å²) in [6.07, 6.45) is 4.12. The lowest BCUT2D eigenvalue weighted by molar-refractivity contribution is -0.121. The summed E-state index contributed by atoms with van der Waals surface area (Å²) in [5.74, 6) is 0.187. The number of carbonyl (C=O) groups is 1. The van der Waals surface area contributed by atoms with E-state index in [2.05, 4.69) is 15.3 Å². The van der Waals surface area contributed by atoms with Gasteiger partial charge in [0.15, 0.2) is 0 Å². The molecule has 2 aromatic rings. The fourth-order valence-electron chi connectivity index (χ4n) is 1.63. The van der Waals surface area contributed by atoms with E-state index in [1.807, 2.05) is 12.1 Å². The summed E-state index contributed by atoms with van der Waals surface area (Å²) in [4.78, 5) is 18.4. The van der Waals surface area contributed by atoms with E-state index in [1.165, 1.54) is 0 Å². The molecule has 0 atom stereocenters. The van der Waals surface area contributed by atoms with Crippen molar-refractivity contribution in [1.82, 2.24) is 15.3 Å². The van der Waals surface area contributed by atoms with Crippen molar-refractivity contribution in [2.24, 2.45) is 0 Å². The highest BCUT2D eigenvalue weighted by Gasteiger charge is 2.05. The zero-order chi connectivity index (χ0) is 12.8. The monoisotopic (exact) mass is 245 g/mol. The number of phenols is 1. The number of H-pyrrole nitrogens is 1. The Kier molecular flexibility index (Phi) is 3.96. The van der Waals surface area contributed by atoms with Gasteiger partial charge in [0.25, 0.3) is 0 Å². The number of aromatic nitrogens is 2. The van der Waals surface area contributed by atoms with Crippen molar-refractivity contribution in [2.75, 3.05) is 0 Å². The fraction of sp³-hybridized carbons (Fsp3) is 0.231. The molecule has 1 aromatic heterocycles. The highest BCUT2D eigenvalue weighted by atomic mass is 16.3. The first kappa shape index (κ1) is 12.2. The maximum atomic E-state index is 11.6. The number of aromatic hydroxyl groups is 1. The molecule has 0 aliphatic carbocycles. The second-order valence-electron chi connectivity index (χ2n) is 3.98. The fourth-order valence-corrected chi connectivity index (χ4v) is 1.63. The molecule has 0 fully saturated rings. The molecule has 0 saturated carbocycles. The Morgan fingerprint density at radius 2 is 2.22 bits per heavy atom. The Morgan fingerprint density at radius 1 is 1.39 bits per heavy atom. The number of aromatic amines is 1. The summed E-state index contributed by atoms with van der Waals surface area (Å²) in [5.41, 5.74) is 1.65. The van der Waals surface area contributed by atoms with Crippen molar-refractivity contribution < 1.29 is 9.90 Å². The molecule has 0 unspecified atom stereocenters. The Balaban J connectivity index is 1.77. The van der Waals surface area contributed by atoms with E-state index < -0.39 is 0 Å². The van der Waals surface area contributed by atoms with Gasteiger partial charge in [0.2, 0.25) is 5.91 Å². The predicted molar refractivity (Wildman–Crippen MR) is 66.9 cm³/mol. The second kappa shape index (κ2) is 5.86. The summed E-state index contributed by atoms with van der Waals surface area (Å²) < 4.78 is 0. The zero-order valence-electron chi connectivity index (χ0n) is 9.89. The first-order valence-electron chi connectivity index (χ1n) is 5.76. The number of amides is 1. The molecule has 18 heavy (non-hydrogen) atoms. The number of para-hydroxylation sites is 1. The highest BCUT2D eigenvalue weighted by Crippen LogP contribution is 2.16. The molecule has 0 saturated heterocycles. The van der Waals surface area contributed by atoms with Gasteiger partial charge in [0.1, 0.15) is 5.75 Å². The lowest BCUT2D eigenvalue weighted by Gasteiger charge is -2.05. The van der Waals surface area contributed by atoms with Crippen LogP contribution >= 0.6 is 0 Å². The van der Waals surface area contributed by atoms with Crippen LogP contribution in [0.5, 0.6) is 5.75 Å². The molecule has 0 spiro atoms. The SMILES string of the molecule is O=C(CCc1ccccc1O)NCc1cnc[nH]1. The van der Waals surface area contributed by atoms with Gasteiger partial charge in [0.05, 0.1) is 18.6 Å². The van der Waals surface area contributed by atoms with Crippen LogP contribution in [0.4, 0.5) is 0 Å². The van der Waals surface area contributed by atoms with Crippen LogP contribution in [0.2, 0.25) is 0 Å². The molecule has 1 amide bonds. The second-order valence-corrected chi connectivity index (χ2v) is 3.98. The number of hydrogen-bond acceptors (Lipinski definition) is 3. The van der Waals surface area contributed by atoms with Crippen LogP contribution in [0.3, 0.4) is 0 Å². The van der Waals surface area contributed by atoms with Gasteiger partial charge in [-0.05, 0) is 18.1 Å². The van der Waals surface area contributed by atoms with E-state index in [4.69, 9.17) is 0 Å². The molecule has 5 nitrogen and oxygen atoms in total. The maximum Gasteiger partial charge on any atom is 0.220 e. The quantitative estimate of drug-likeness (QED) is 0.744. The summed E-state index contributed by atoms with van der Waals surface area (Å²) >= 11 is 0. The van der Waals surface area contributed by atoms with Crippen molar-refractivity contribution in [2.45, 2.75) is 19.4 Å². The highest BCUT2D eigenvalue weighted by molar-refractivity contribution is 5.76. The van der Waals surface area contributed by atoms with Crippen LogP contribution < -0.4 is 5.32 Å². The number of rotatable bonds is 5. The first-order valence-corrected chi connectivity index (χ1v) is 5.76. The van der Waals surface area contributed by atoms with Crippen LogP contribution in [0.25, 0.3) is 0 Å². The molecule has 0 radical (unpaired) electrons. The summed E-state index contributed by atoms with van der Waals surface area (Å²) in [7, 11) is 0. The molecular weight excluding hydrogens is 230 g/mol. The van der Waals surface area contributed by atoms with Gasteiger partial charge in [0, 0.05) is 12.6 Å². The number of carbonyl (C=O) groups excluding carboxylic acids is 1. The Morgan fingerprint density at radius 3 is 2.94 bits per heavy atom. The van der Waals surface area contributed by atoms with Gasteiger partial charge in [-0.2, -0.15) is 0 Å². The molecule has 0 aliphatic rings. The number of benzene rings is 1. The molecular formula is C13H15N3O2. The van der Waals surface area contributed by atoms with Gasteiger partial charge < -0.3 is 15.4 Å². The Labute approximate surface area is 105 Å². The average Bonchev–Trinajstić information content (AvgIpc) is 2.88. The van der Waals surface area contributed by atoms with Crippen molar-refractivity contribution in [3.63, 3.8) is 0 Å². The summed E-state index contributed by atoms with van der Waals surface area (Å²) in [6.45, 7) is 0.444. The standard InChI is InChI=1S/C13H15N3O2/c17-12-4-2-1-3-10(12)5-6-13(18)15-8-11-7-14-9-16-11/h1-4,7,9,17H,5-6,8H2,(H,14,16)(H,15,18). The number of phenolic OH excluding ortho intramolecular Hbond substituents is 1. The first-order chi connectivity index (χ1) is 8.75. The van der Waals surface area contributed by atoms with Crippen molar-refractivity contribution in [3.05, 3.63) is 48.0 Å². The van der Waals surface area contributed by atoms with E-state index in [-0.39, 0.29) is 11.7 Å². The predicted octanol–water partition coefficient (Wildman–Crippen LogP) is 1.36. The van der Waals surface area contributed by atoms with Crippen LogP contribution in [-0.4, -0.2) is 21.0 Å². The number of hydrogen-bond donors (Lipinski definition) is 3. The summed E-state index contributed by atoms with van der Waals surface area (Å²) in [5, 5.41) is 12.3. The minimum Gasteiger partial charge on any atom is -0.508 e. The van der Waals surface area contributed by atoms with Crippen molar-refractivity contribution in [3.8, 4) is 5.75 Å². The van der Waals surface area contributed by atoms with Gasteiger partial charge in [-0.15, -0.1) is 0 Å². The van der Waals surface area contributed by atoms with Crippen LogP contribution in [0, 0.1) is 0 Å². The molecule has 1 heterocycles. The minimum atomic E-state index is -0.0483. The maximum absolute atomic E-state index is 11.6. The van der Waals surface area contributed by atoms with E-state index in [0.717, 1.165) is 11.3 Å². The Hall–Kier alpha value is -2.30. The molecule has 5 heteroatoms. The van der Waals surface area contributed by atoms with E-state index in [1.54, 1.807) is 24.7 Å². The Bertz CT molecular complexity index is 509. The van der Waals surface area contributed by atoms with E-state index in [0.29, 0.717) is 19.4 Å². The van der Waals surface area contributed by atoms with Crippen LogP contribution in [0.1, 0.15) is 17.7 Å². The van der Waals surface area contributed by atoms with Crippen LogP contribution in [0.15, 0.2) is 36.8 Å². The van der Waals surface area contributed by atoms with Gasteiger partial charge in [-0.1, -0.05) is 18.2 Å². The molecule has 3 N–H and O–H groups in total. The number of nitrogens with one attached hydrogen (secondary N) is 2. The molecule has 94 valence electrons. The lowest BCUT2D eigenvalue weighted by atomic mass is 10.1.